The van der Waals surface area contributed by atoms with Crippen molar-refractivity contribution in [2.24, 2.45) is 11.7 Å². The molecule has 30 heteroatoms. The number of ketones is 1. The summed E-state index contributed by atoms with van der Waals surface area (Å²) in [5.41, 5.74) is 34.1. The molecule has 0 spiro atoms. The van der Waals surface area contributed by atoms with Crippen molar-refractivity contribution in [3.05, 3.63) is 348 Å². The molecule has 5 aliphatic rings. The Balaban J connectivity index is 0.000000129. The van der Waals surface area contributed by atoms with E-state index < -0.39 is 0 Å². The van der Waals surface area contributed by atoms with E-state index in [1.807, 2.05) is 175 Å². The van der Waals surface area contributed by atoms with Crippen LogP contribution < -0.4 is 30.7 Å². The van der Waals surface area contributed by atoms with Crippen LogP contribution in [0.4, 0.5) is 28.4 Å². The van der Waals surface area contributed by atoms with Crippen molar-refractivity contribution in [3.8, 4) is 74.5 Å². The number of anilines is 5. The fraction of sp³-hybridized carbons (Fsp3) is 0.236. The summed E-state index contributed by atoms with van der Waals surface area (Å²) < 4.78 is 1.56. The third-order valence-electron chi connectivity index (χ3n) is 25.6. The zero-order valence-corrected chi connectivity index (χ0v) is 83.1. The van der Waals surface area contributed by atoms with Gasteiger partial charge in [-0.3, -0.25) is 33.3 Å². The number of carbonyl (C=O) groups excluding carboxylic acids is 6. The molecule has 5 aliphatic heterocycles. The van der Waals surface area contributed by atoms with Crippen molar-refractivity contribution in [1.82, 2.24) is 49.4 Å². The number of hydrogen-bond donors (Lipinski definition) is 6. The van der Waals surface area contributed by atoms with E-state index in [1.54, 1.807) is 114 Å². The van der Waals surface area contributed by atoms with Crippen molar-refractivity contribution in [2.75, 3.05) is 57.6 Å². The summed E-state index contributed by atoms with van der Waals surface area (Å²) in [7, 11) is 0. The van der Waals surface area contributed by atoms with Crippen LogP contribution in [-0.4, -0.2) is 117 Å². The monoisotopic (exact) mass is 1960 g/mol. The van der Waals surface area contributed by atoms with E-state index in [-0.39, 0.29) is 41.2 Å². The number of amides is 4. The number of Topliss-reactive ketones (excluding diaryl/α,β-unsaturated/α-hetero) is 1. The predicted molar refractivity (Wildman–Crippen MR) is 552 cm³/mol. The summed E-state index contributed by atoms with van der Waals surface area (Å²) in [4.78, 5) is 123. The number of carbonyl (C=O) groups is 6. The Hall–Kier alpha value is -14.9. The first-order valence-electron chi connectivity index (χ1n) is 46.0. The largest absolute Gasteiger partial charge is 0.384 e. The molecule has 5 aromatic heterocycles. The lowest BCUT2D eigenvalue weighted by atomic mass is 9.96. The van der Waals surface area contributed by atoms with Crippen LogP contribution in [0, 0.1) is 109 Å². The Labute approximate surface area is 836 Å². The molecular formula is C110H100Cl5N19O6. The van der Waals surface area contributed by atoms with Gasteiger partial charge >= 0.3 is 0 Å². The minimum atomic E-state index is -0.280. The van der Waals surface area contributed by atoms with Gasteiger partial charge in [-0.2, -0.15) is 15.8 Å². The molecule has 140 heavy (non-hydrogen) atoms. The number of H-pyrrole nitrogens is 4. The highest BCUT2D eigenvalue weighted by Gasteiger charge is 2.36. The van der Waals surface area contributed by atoms with Gasteiger partial charge in [-0.25, -0.2) is 24.9 Å². The number of nitrogens with one attached hydrogen (secondary N) is 5. The van der Waals surface area contributed by atoms with Crippen LogP contribution in [0.3, 0.4) is 0 Å². The summed E-state index contributed by atoms with van der Waals surface area (Å²) >= 11 is 31.2. The smallest absolute Gasteiger partial charge is 0.263 e. The molecule has 0 radical (unpaired) electrons. The highest BCUT2D eigenvalue weighted by atomic mass is 35.5. The fourth-order valence-electron chi connectivity index (χ4n) is 18.4. The molecule has 10 aromatic carbocycles. The van der Waals surface area contributed by atoms with E-state index in [0.29, 0.717) is 170 Å². The molecule has 0 saturated carbocycles. The van der Waals surface area contributed by atoms with Gasteiger partial charge in [-0.15, -0.1) is 0 Å². The van der Waals surface area contributed by atoms with E-state index in [4.69, 9.17) is 74.0 Å². The van der Waals surface area contributed by atoms with Crippen LogP contribution in [0.1, 0.15) is 185 Å². The maximum atomic E-state index is 13.8. The first-order valence-corrected chi connectivity index (χ1v) is 47.9. The predicted octanol–water partition coefficient (Wildman–Crippen LogP) is 22.9. The Morgan fingerprint density at radius 3 is 1.06 bits per heavy atom. The number of benzene rings is 10. The zero-order chi connectivity index (χ0) is 99.5. The van der Waals surface area contributed by atoms with Crippen LogP contribution in [0.2, 0.25) is 25.1 Å². The lowest BCUT2D eigenvalue weighted by Gasteiger charge is -2.24. The van der Waals surface area contributed by atoms with Crippen LogP contribution in [-0.2, 0) is 49.9 Å². The standard InChI is InChI=1S/C30H22ClN5O2.C26H28ClN3O2.C21H21ClN4O.C21H17ClN4O.C12H12ClN3/c1-17-12-20(4-6-22(17)15-32)29(37)35-11-10-26-28(25-14-24(31)8-9-27(25)35)36(19(3)34-26)30(38)21-5-7-23(16-33)18(2)13-21;1-15(2)24(31)10-7-18-5-6-19(13-16(18)3)26(32)30-12-11-22-25(29-17(4)28-22)21-14-20(27)8-9-23(21)30;2*1-12-9-14(3-4-15(12)11-23)21(27)26-8-7-18-20(25-13(2)24-18)17-10-16(22)5-6-19(17)26;1-7-15-11-4-5-14-10-3-2-8(13)6-9(10)12(11)16-7/h4-9,12-14H,10-11H2,1-3H3;5-6,8-9,13-15H,7,10-12H2,1-4H3,(H,28,29);3-6,9-10H,7-8,11,23H2,1-2H3,(H,24,25);3-6,9-10H,7-8H2,1-2H3,(H,24,25);2-3,6,14H,4-5H2,1H3,(H,15,16). The third-order valence-corrected chi connectivity index (χ3v) is 26.8. The maximum absolute atomic E-state index is 13.8. The maximum Gasteiger partial charge on any atom is 0.263 e. The van der Waals surface area contributed by atoms with Crippen LogP contribution in [0.15, 0.2) is 182 Å². The second kappa shape index (κ2) is 41.8. The van der Waals surface area contributed by atoms with E-state index >= 15 is 0 Å². The minimum Gasteiger partial charge on any atom is -0.384 e. The van der Waals surface area contributed by atoms with Crippen LogP contribution >= 0.6 is 58.0 Å². The highest BCUT2D eigenvalue weighted by molar-refractivity contribution is 6.33. The van der Waals surface area contributed by atoms with Crippen molar-refractivity contribution in [1.29, 1.82) is 15.8 Å². The second-order valence-electron chi connectivity index (χ2n) is 35.6. The molecule has 15 aromatic rings. The summed E-state index contributed by atoms with van der Waals surface area (Å²) in [5, 5.41) is 34.1. The fourth-order valence-corrected chi connectivity index (χ4v) is 19.3. The van der Waals surface area contributed by atoms with E-state index in [0.717, 1.165) is 160 Å². The van der Waals surface area contributed by atoms with E-state index in [2.05, 4.69) is 63.4 Å². The molecule has 0 atom stereocenters. The molecule has 20 rings (SSSR count). The molecule has 7 N–H and O–H groups in total. The van der Waals surface area contributed by atoms with Gasteiger partial charge in [-0.1, -0.05) is 84.0 Å². The van der Waals surface area contributed by atoms with Gasteiger partial charge in [0.05, 0.1) is 91.8 Å². The van der Waals surface area contributed by atoms with Gasteiger partial charge in [0.2, 0.25) is 0 Å². The Bertz CT molecular complexity index is 7640. The number of aromatic amines is 4. The Morgan fingerprint density at radius 2 is 0.693 bits per heavy atom. The van der Waals surface area contributed by atoms with Crippen molar-refractivity contribution in [2.45, 2.75) is 135 Å². The number of nitrogens with zero attached hydrogens (tertiary/aromatic N) is 13. The van der Waals surface area contributed by atoms with Gasteiger partial charge in [0, 0.05) is 193 Å². The highest BCUT2D eigenvalue weighted by Crippen LogP contribution is 2.45. The van der Waals surface area contributed by atoms with Crippen LogP contribution in [0.25, 0.3) is 56.3 Å². The van der Waals surface area contributed by atoms with Gasteiger partial charge in [0.1, 0.15) is 34.9 Å². The quantitative estimate of drug-likeness (QED) is 0.0741. The second-order valence-corrected chi connectivity index (χ2v) is 37.7. The van der Waals surface area contributed by atoms with Crippen LogP contribution in [0.5, 0.6) is 0 Å². The summed E-state index contributed by atoms with van der Waals surface area (Å²) in [6.07, 6.45) is 4.66. The van der Waals surface area contributed by atoms with Crippen molar-refractivity contribution in [3.63, 3.8) is 0 Å². The molecule has 706 valence electrons. The summed E-state index contributed by atoms with van der Waals surface area (Å²) in [6.45, 7) is 26.2. The molecule has 0 aliphatic carbocycles. The molecule has 4 amide bonds. The Kier molecular flexibility index (Phi) is 29.3. The van der Waals surface area contributed by atoms with E-state index in [9.17, 15) is 39.3 Å². The molecule has 0 saturated heterocycles. The number of rotatable bonds is 10. The number of aromatic nitrogens is 10. The first kappa shape index (κ1) is 98.2. The number of halogens is 5. The third kappa shape index (κ3) is 20.7. The lowest BCUT2D eigenvalue weighted by Crippen LogP contribution is -2.32. The lowest BCUT2D eigenvalue weighted by molar-refractivity contribution is -0.121. The number of aryl methyl sites for hydroxylation is 11. The van der Waals surface area contributed by atoms with Gasteiger partial charge in [0.25, 0.3) is 29.5 Å². The molecule has 10 heterocycles. The summed E-state index contributed by atoms with van der Waals surface area (Å²) in [6, 6.07) is 60.8. The minimum absolute atomic E-state index is 0.0351. The number of imidazole rings is 5. The van der Waals surface area contributed by atoms with Gasteiger partial charge in [-0.05, 0) is 284 Å². The first-order chi connectivity index (χ1) is 67.2. The molecule has 0 bridgehead atoms. The number of fused-ring (bicyclic) bond motifs is 15. The average molecular weight is 1960 g/mol. The van der Waals surface area contributed by atoms with Gasteiger partial charge < -0.3 is 50.6 Å². The molecule has 0 unspecified atom stereocenters. The SMILES string of the molecule is Cc1cc(C(=O)N2CCc3nc(C)n(C(=O)c4ccc(C#N)c(C)c4)c3-c3cc(Cl)ccc32)ccc1C#N.Cc1nc2c([nH]1)CCN(C(=O)c1ccc(C#N)c(C)c1)c1ccc(Cl)cc1-2.Cc1nc2c([nH]1)CCN(C(=O)c1ccc(CCC(=O)C(C)C)c(C)c1)c1ccc(Cl)cc1-2.Cc1nc2c([nH]1)CCN(C(=O)c1ccc(CN)c(C)c1)c1ccc(Cl)cc1-2.Cc1nc2c([nH]1)CCNc1ccc(Cl)cc1-2. The normalized spacial score (nSPS) is 12.8. The zero-order valence-electron chi connectivity index (χ0n) is 79.3. The van der Waals surface area contributed by atoms with Gasteiger partial charge in [0.15, 0.2) is 0 Å². The number of nitriles is 3. The molecule has 0 fully saturated rings. The van der Waals surface area contributed by atoms with E-state index in [1.165, 1.54) is 5.69 Å². The molecular weight excluding hydrogens is 1860 g/mol. The van der Waals surface area contributed by atoms with Crippen molar-refractivity contribution >= 4 is 122 Å². The molecule has 25 nitrogen and oxygen atoms in total. The Morgan fingerprint density at radius 1 is 0.371 bits per heavy atom. The average Bonchev–Trinajstić information content (AvgIpc) is 1.58. The summed E-state index contributed by atoms with van der Waals surface area (Å²) in [5.74, 6) is 3.65. The topological polar surface area (TPSA) is 357 Å². The number of hydrogen-bond acceptors (Lipinski definition) is 16. The number of nitrogens with two attached hydrogens (primary N) is 1. The van der Waals surface area contributed by atoms with Crippen molar-refractivity contribution < 1.29 is 28.8 Å².